The molecule has 3 nitrogen and oxygen atoms in total. The van der Waals surface area contributed by atoms with E-state index in [4.69, 9.17) is 0 Å². The summed E-state index contributed by atoms with van der Waals surface area (Å²) in [5.74, 6) is -1.87. The van der Waals surface area contributed by atoms with E-state index in [0.29, 0.717) is 5.52 Å². The zero-order chi connectivity index (χ0) is 7.84. The third-order valence-electron chi connectivity index (χ3n) is 1.38. The molecule has 1 aromatic carbocycles. The third kappa shape index (κ3) is 0.772. The molecule has 5 heteroatoms. The molecule has 0 amide bonds. The lowest BCUT2D eigenvalue weighted by Gasteiger charge is -1.89. The standard InChI is InChI=1S/C6H3F2N3/c7-3-1-2-4-6(5(3)8)10-11-9-4/h1-2H,(H,9,10,11). The first-order valence-electron chi connectivity index (χ1n) is 2.93. The van der Waals surface area contributed by atoms with E-state index >= 15 is 0 Å². The Bertz CT molecular complexity index is 396. The number of H-pyrrole nitrogens is 1. The molecule has 0 spiro atoms. The van der Waals surface area contributed by atoms with E-state index in [1.165, 1.54) is 6.07 Å². The lowest BCUT2D eigenvalue weighted by atomic mass is 10.3. The van der Waals surface area contributed by atoms with Crippen molar-refractivity contribution >= 4 is 11.0 Å². The third-order valence-corrected chi connectivity index (χ3v) is 1.38. The first-order valence-corrected chi connectivity index (χ1v) is 2.93. The van der Waals surface area contributed by atoms with E-state index in [-0.39, 0.29) is 5.52 Å². The average molecular weight is 155 g/mol. The van der Waals surface area contributed by atoms with Gasteiger partial charge in [0.15, 0.2) is 17.2 Å². The van der Waals surface area contributed by atoms with Crippen LogP contribution in [-0.4, -0.2) is 15.4 Å². The highest BCUT2D eigenvalue weighted by Gasteiger charge is 2.08. The van der Waals surface area contributed by atoms with E-state index < -0.39 is 11.6 Å². The molecule has 2 aromatic rings. The molecule has 11 heavy (non-hydrogen) atoms. The Morgan fingerprint density at radius 3 is 2.82 bits per heavy atom. The van der Waals surface area contributed by atoms with Gasteiger partial charge in [-0.3, -0.25) is 0 Å². The van der Waals surface area contributed by atoms with E-state index in [1.54, 1.807) is 0 Å². The predicted molar refractivity (Wildman–Crippen MR) is 33.8 cm³/mol. The summed E-state index contributed by atoms with van der Waals surface area (Å²) in [5, 5.41) is 9.20. The van der Waals surface area contributed by atoms with E-state index in [0.717, 1.165) is 6.07 Å². The van der Waals surface area contributed by atoms with Crippen LogP contribution in [0, 0.1) is 11.6 Å². The van der Waals surface area contributed by atoms with Crippen molar-refractivity contribution in [3.8, 4) is 0 Å². The van der Waals surface area contributed by atoms with Gasteiger partial charge in [-0.05, 0) is 12.1 Å². The summed E-state index contributed by atoms with van der Waals surface area (Å²) in [6, 6.07) is 2.37. The van der Waals surface area contributed by atoms with Crippen molar-refractivity contribution in [1.82, 2.24) is 15.4 Å². The van der Waals surface area contributed by atoms with Crippen LogP contribution in [0.3, 0.4) is 0 Å². The minimum Gasteiger partial charge on any atom is -0.204 e. The summed E-state index contributed by atoms with van der Waals surface area (Å²) in [7, 11) is 0. The molecule has 0 aliphatic rings. The van der Waals surface area contributed by atoms with Gasteiger partial charge in [0.05, 0.1) is 0 Å². The highest BCUT2D eigenvalue weighted by atomic mass is 19.2. The van der Waals surface area contributed by atoms with Gasteiger partial charge in [0.25, 0.3) is 0 Å². The van der Waals surface area contributed by atoms with E-state index in [2.05, 4.69) is 15.4 Å². The number of hydrogen-bond donors (Lipinski definition) is 1. The van der Waals surface area contributed by atoms with Crippen LogP contribution in [0.1, 0.15) is 0 Å². The Balaban J connectivity index is 2.93. The number of nitrogens with one attached hydrogen (secondary N) is 1. The highest BCUT2D eigenvalue weighted by Crippen LogP contribution is 2.14. The van der Waals surface area contributed by atoms with E-state index in [9.17, 15) is 8.78 Å². The van der Waals surface area contributed by atoms with Crippen molar-refractivity contribution < 1.29 is 8.78 Å². The maximum atomic E-state index is 12.7. The van der Waals surface area contributed by atoms with Gasteiger partial charge in [0, 0.05) is 0 Å². The number of rotatable bonds is 0. The molecule has 0 radical (unpaired) electrons. The van der Waals surface area contributed by atoms with Crippen LogP contribution in [0.25, 0.3) is 11.0 Å². The number of halogens is 2. The fourth-order valence-electron chi connectivity index (χ4n) is 0.855. The number of benzene rings is 1. The van der Waals surface area contributed by atoms with Gasteiger partial charge in [-0.15, -0.1) is 0 Å². The monoisotopic (exact) mass is 155 g/mol. The first-order chi connectivity index (χ1) is 5.29. The molecule has 2 rings (SSSR count). The molecule has 56 valence electrons. The van der Waals surface area contributed by atoms with Crippen LogP contribution in [-0.2, 0) is 0 Å². The fourth-order valence-corrected chi connectivity index (χ4v) is 0.855. The van der Waals surface area contributed by atoms with Gasteiger partial charge in [-0.2, -0.15) is 15.4 Å². The molecule has 0 saturated heterocycles. The molecule has 0 unspecified atom stereocenters. The number of hydrogen-bond acceptors (Lipinski definition) is 2. The SMILES string of the molecule is Fc1ccc2n[nH]nc2c1F. The summed E-state index contributed by atoms with van der Waals surface area (Å²) in [6.45, 7) is 0. The summed E-state index contributed by atoms with van der Waals surface area (Å²) in [4.78, 5) is 0. The predicted octanol–water partition coefficient (Wildman–Crippen LogP) is 1.24. The number of nitrogens with zero attached hydrogens (tertiary/aromatic N) is 2. The van der Waals surface area contributed by atoms with Crippen molar-refractivity contribution in [2.75, 3.05) is 0 Å². The lowest BCUT2D eigenvalue weighted by Crippen LogP contribution is -1.84. The quantitative estimate of drug-likeness (QED) is 0.621. The number of aromatic amines is 1. The van der Waals surface area contributed by atoms with Crippen molar-refractivity contribution in [3.63, 3.8) is 0 Å². The summed E-state index contributed by atoms with van der Waals surface area (Å²) >= 11 is 0. The maximum Gasteiger partial charge on any atom is 0.188 e. The second-order valence-electron chi connectivity index (χ2n) is 2.05. The van der Waals surface area contributed by atoms with Crippen LogP contribution in [0.4, 0.5) is 8.78 Å². The smallest absolute Gasteiger partial charge is 0.188 e. The van der Waals surface area contributed by atoms with Gasteiger partial charge in [0.2, 0.25) is 0 Å². The molecule has 1 N–H and O–H groups in total. The molecule has 1 aromatic heterocycles. The molecule has 0 aliphatic carbocycles. The van der Waals surface area contributed by atoms with E-state index in [1.807, 2.05) is 0 Å². The van der Waals surface area contributed by atoms with Gasteiger partial charge in [0.1, 0.15) is 5.52 Å². The van der Waals surface area contributed by atoms with Gasteiger partial charge in [-0.1, -0.05) is 0 Å². The minimum atomic E-state index is -0.962. The van der Waals surface area contributed by atoms with Crippen molar-refractivity contribution in [1.29, 1.82) is 0 Å². The largest absolute Gasteiger partial charge is 0.204 e. The average Bonchev–Trinajstić information content (AvgIpc) is 2.45. The Morgan fingerprint density at radius 1 is 1.18 bits per heavy atom. The Kier molecular flexibility index (Phi) is 1.12. The molecule has 0 atom stereocenters. The normalized spacial score (nSPS) is 10.7. The molecule has 1 heterocycles. The summed E-state index contributed by atoms with van der Waals surface area (Å²) < 4.78 is 25.2. The fraction of sp³-hybridized carbons (Fsp3) is 0. The zero-order valence-corrected chi connectivity index (χ0v) is 5.31. The molecule has 0 saturated carbocycles. The van der Waals surface area contributed by atoms with Gasteiger partial charge >= 0.3 is 0 Å². The van der Waals surface area contributed by atoms with Crippen molar-refractivity contribution in [2.45, 2.75) is 0 Å². The van der Waals surface area contributed by atoms with Crippen molar-refractivity contribution in [3.05, 3.63) is 23.8 Å². The van der Waals surface area contributed by atoms with Crippen LogP contribution < -0.4 is 0 Å². The Labute approximate surface area is 60.0 Å². The molecular formula is C6H3F2N3. The second kappa shape index (κ2) is 1.98. The van der Waals surface area contributed by atoms with Crippen LogP contribution in [0.5, 0.6) is 0 Å². The topological polar surface area (TPSA) is 41.6 Å². The van der Waals surface area contributed by atoms with Crippen LogP contribution in [0.2, 0.25) is 0 Å². The molecule has 0 bridgehead atoms. The molecule has 0 aliphatic heterocycles. The Morgan fingerprint density at radius 2 is 2.00 bits per heavy atom. The zero-order valence-electron chi connectivity index (χ0n) is 5.31. The lowest BCUT2D eigenvalue weighted by molar-refractivity contribution is 0.515. The Hall–Kier alpha value is -1.52. The maximum absolute atomic E-state index is 12.7. The summed E-state index contributed by atoms with van der Waals surface area (Å²) in [6.07, 6.45) is 0. The second-order valence-corrected chi connectivity index (χ2v) is 2.05. The number of aromatic nitrogens is 3. The van der Waals surface area contributed by atoms with Crippen molar-refractivity contribution in [2.24, 2.45) is 0 Å². The van der Waals surface area contributed by atoms with Gasteiger partial charge in [-0.25, -0.2) is 8.78 Å². The number of fused-ring (bicyclic) bond motifs is 1. The van der Waals surface area contributed by atoms with Crippen LogP contribution in [0.15, 0.2) is 12.1 Å². The first kappa shape index (κ1) is 6.21. The minimum absolute atomic E-state index is 0.0648. The molecule has 0 fully saturated rings. The summed E-state index contributed by atoms with van der Waals surface area (Å²) in [5.41, 5.74) is 0.258. The van der Waals surface area contributed by atoms with Crippen LogP contribution >= 0.6 is 0 Å². The van der Waals surface area contributed by atoms with Gasteiger partial charge < -0.3 is 0 Å². The highest BCUT2D eigenvalue weighted by molar-refractivity contribution is 5.73. The molecular weight excluding hydrogens is 152 g/mol.